The number of ether oxygens (including phenoxy) is 1. The van der Waals surface area contributed by atoms with E-state index < -0.39 is 0 Å². The number of hydrogen-bond acceptors (Lipinski definition) is 2. The molecule has 0 aliphatic rings. The van der Waals surface area contributed by atoms with Gasteiger partial charge in [0.25, 0.3) is 0 Å². The second-order valence-electron chi connectivity index (χ2n) is 4.85. The van der Waals surface area contributed by atoms with Crippen molar-refractivity contribution in [2.24, 2.45) is 0 Å². The Kier molecular flexibility index (Phi) is 6.27. The smallest absolute Gasteiger partial charge is 0.147 e. The SMILES string of the molecule is CCOc1c(Br)cc(CNCc2ccccc2C)cc1Br. The second-order valence-corrected chi connectivity index (χ2v) is 6.56. The maximum absolute atomic E-state index is 5.60. The fourth-order valence-electron chi connectivity index (χ4n) is 2.15. The first-order valence-electron chi connectivity index (χ1n) is 6.97. The van der Waals surface area contributed by atoms with Gasteiger partial charge in [-0.15, -0.1) is 0 Å². The highest BCUT2D eigenvalue weighted by molar-refractivity contribution is 9.11. The molecule has 0 fully saturated rings. The highest BCUT2D eigenvalue weighted by atomic mass is 79.9. The topological polar surface area (TPSA) is 21.3 Å². The molecule has 1 N–H and O–H groups in total. The highest BCUT2D eigenvalue weighted by Gasteiger charge is 2.08. The van der Waals surface area contributed by atoms with Gasteiger partial charge in [-0.1, -0.05) is 24.3 Å². The van der Waals surface area contributed by atoms with Crippen molar-refractivity contribution in [1.82, 2.24) is 5.32 Å². The molecule has 0 spiro atoms. The largest absolute Gasteiger partial charge is 0.492 e. The Labute approximate surface area is 143 Å². The van der Waals surface area contributed by atoms with E-state index in [4.69, 9.17) is 4.74 Å². The van der Waals surface area contributed by atoms with Gasteiger partial charge in [0, 0.05) is 13.1 Å². The van der Waals surface area contributed by atoms with Crippen LogP contribution in [0, 0.1) is 6.92 Å². The molecule has 0 atom stereocenters. The lowest BCUT2D eigenvalue weighted by Crippen LogP contribution is -2.13. The van der Waals surface area contributed by atoms with Gasteiger partial charge in [0.1, 0.15) is 5.75 Å². The van der Waals surface area contributed by atoms with E-state index in [0.717, 1.165) is 27.8 Å². The average molecular weight is 413 g/mol. The van der Waals surface area contributed by atoms with Gasteiger partial charge in [0.05, 0.1) is 15.6 Å². The Morgan fingerprint density at radius 1 is 1.05 bits per heavy atom. The molecule has 0 aromatic heterocycles. The molecule has 2 rings (SSSR count). The van der Waals surface area contributed by atoms with Crippen LogP contribution in [0.15, 0.2) is 45.3 Å². The van der Waals surface area contributed by atoms with Gasteiger partial charge in [0.15, 0.2) is 0 Å². The Morgan fingerprint density at radius 2 is 1.71 bits per heavy atom. The number of aryl methyl sites for hydroxylation is 1. The van der Waals surface area contributed by atoms with Crippen molar-refractivity contribution in [3.8, 4) is 5.75 Å². The van der Waals surface area contributed by atoms with E-state index in [2.05, 4.69) is 80.5 Å². The maximum Gasteiger partial charge on any atom is 0.147 e. The van der Waals surface area contributed by atoms with Crippen LogP contribution in [0.5, 0.6) is 5.75 Å². The lowest BCUT2D eigenvalue weighted by molar-refractivity contribution is 0.336. The van der Waals surface area contributed by atoms with Gasteiger partial charge >= 0.3 is 0 Å². The van der Waals surface area contributed by atoms with E-state index in [1.807, 2.05) is 6.92 Å². The molecule has 0 aliphatic carbocycles. The Morgan fingerprint density at radius 3 is 2.33 bits per heavy atom. The summed E-state index contributed by atoms with van der Waals surface area (Å²) in [6, 6.07) is 12.6. The molecule has 4 heteroatoms. The van der Waals surface area contributed by atoms with Gasteiger partial charge in [0.2, 0.25) is 0 Å². The maximum atomic E-state index is 5.60. The third kappa shape index (κ3) is 4.56. The van der Waals surface area contributed by atoms with Crippen LogP contribution in [0.2, 0.25) is 0 Å². The average Bonchev–Trinajstić information content (AvgIpc) is 2.45. The van der Waals surface area contributed by atoms with Crippen molar-refractivity contribution in [3.63, 3.8) is 0 Å². The minimum atomic E-state index is 0.655. The van der Waals surface area contributed by atoms with Gasteiger partial charge < -0.3 is 10.1 Å². The molecule has 0 aliphatic heterocycles. The van der Waals surface area contributed by atoms with Crippen molar-refractivity contribution >= 4 is 31.9 Å². The third-order valence-corrected chi connectivity index (χ3v) is 4.43. The van der Waals surface area contributed by atoms with Crippen LogP contribution in [0.25, 0.3) is 0 Å². The Hall–Kier alpha value is -0.840. The Balaban J connectivity index is 1.99. The summed E-state index contributed by atoms with van der Waals surface area (Å²) in [4.78, 5) is 0. The summed E-state index contributed by atoms with van der Waals surface area (Å²) >= 11 is 7.13. The van der Waals surface area contributed by atoms with Crippen LogP contribution in [0.4, 0.5) is 0 Å². The number of rotatable bonds is 6. The molecule has 0 radical (unpaired) electrons. The summed E-state index contributed by atoms with van der Waals surface area (Å²) in [7, 11) is 0. The normalized spacial score (nSPS) is 10.7. The molecule has 0 saturated heterocycles. The molecule has 2 nitrogen and oxygen atoms in total. The first-order chi connectivity index (χ1) is 10.1. The van der Waals surface area contributed by atoms with Crippen LogP contribution >= 0.6 is 31.9 Å². The fourth-order valence-corrected chi connectivity index (χ4v) is 3.66. The van der Waals surface area contributed by atoms with Crippen molar-refractivity contribution in [3.05, 3.63) is 62.0 Å². The molecule has 2 aromatic carbocycles. The summed E-state index contributed by atoms with van der Waals surface area (Å²) < 4.78 is 7.55. The van der Waals surface area contributed by atoms with Crippen LogP contribution in [-0.2, 0) is 13.1 Å². The van der Waals surface area contributed by atoms with Gasteiger partial charge in [-0.05, 0) is 74.5 Å². The zero-order valence-corrected chi connectivity index (χ0v) is 15.4. The van der Waals surface area contributed by atoms with Crippen LogP contribution in [-0.4, -0.2) is 6.61 Å². The van der Waals surface area contributed by atoms with Gasteiger partial charge in [-0.3, -0.25) is 0 Å². The summed E-state index contributed by atoms with van der Waals surface area (Å²) in [6.07, 6.45) is 0. The molecule has 0 heterocycles. The minimum Gasteiger partial charge on any atom is -0.492 e. The quantitative estimate of drug-likeness (QED) is 0.703. The first kappa shape index (κ1) is 16.5. The predicted molar refractivity (Wildman–Crippen MR) is 94.7 cm³/mol. The van der Waals surface area contributed by atoms with E-state index in [1.165, 1.54) is 16.7 Å². The van der Waals surface area contributed by atoms with Crippen molar-refractivity contribution < 1.29 is 4.74 Å². The van der Waals surface area contributed by atoms with Crippen LogP contribution in [0.1, 0.15) is 23.6 Å². The molecule has 0 unspecified atom stereocenters. The van der Waals surface area contributed by atoms with Crippen molar-refractivity contribution in [2.45, 2.75) is 26.9 Å². The third-order valence-electron chi connectivity index (χ3n) is 3.25. The molecule has 0 saturated carbocycles. The molecule has 21 heavy (non-hydrogen) atoms. The summed E-state index contributed by atoms with van der Waals surface area (Å²) in [5.74, 6) is 0.861. The lowest BCUT2D eigenvalue weighted by atomic mass is 10.1. The number of nitrogens with one attached hydrogen (secondary N) is 1. The molecular formula is C17H19Br2NO. The zero-order chi connectivity index (χ0) is 15.2. The number of benzene rings is 2. The van der Waals surface area contributed by atoms with E-state index in [9.17, 15) is 0 Å². The molecule has 2 aromatic rings. The van der Waals surface area contributed by atoms with E-state index in [1.54, 1.807) is 0 Å². The second kappa shape index (κ2) is 7.97. The fraction of sp³-hybridized carbons (Fsp3) is 0.294. The lowest BCUT2D eigenvalue weighted by Gasteiger charge is -2.12. The van der Waals surface area contributed by atoms with Crippen LogP contribution < -0.4 is 10.1 Å². The molecule has 0 amide bonds. The number of hydrogen-bond donors (Lipinski definition) is 1. The van der Waals surface area contributed by atoms with Crippen molar-refractivity contribution in [2.75, 3.05) is 6.61 Å². The van der Waals surface area contributed by atoms with E-state index >= 15 is 0 Å². The Bertz CT molecular complexity index is 590. The van der Waals surface area contributed by atoms with E-state index in [-0.39, 0.29) is 0 Å². The van der Waals surface area contributed by atoms with Crippen LogP contribution in [0.3, 0.4) is 0 Å². The number of halogens is 2. The first-order valence-corrected chi connectivity index (χ1v) is 8.56. The zero-order valence-electron chi connectivity index (χ0n) is 12.2. The monoisotopic (exact) mass is 411 g/mol. The van der Waals surface area contributed by atoms with Gasteiger partial charge in [-0.2, -0.15) is 0 Å². The van der Waals surface area contributed by atoms with Gasteiger partial charge in [-0.25, -0.2) is 0 Å². The predicted octanol–water partition coefficient (Wildman–Crippen LogP) is 5.21. The summed E-state index contributed by atoms with van der Waals surface area (Å²) in [6.45, 7) is 6.47. The highest BCUT2D eigenvalue weighted by Crippen LogP contribution is 2.34. The summed E-state index contributed by atoms with van der Waals surface area (Å²) in [5.41, 5.74) is 3.87. The molecule has 0 bridgehead atoms. The van der Waals surface area contributed by atoms with Crippen molar-refractivity contribution in [1.29, 1.82) is 0 Å². The summed E-state index contributed by atoms with van der Waals surface area (Å²) in [5, 5.41) is 3.48. The molecular weight excluding hydrogens is 394 g/mol. The van der Waals surface area contributed by atoms with E-state index in [0.29, 0.717) is 6.61 Å². The molecule has 112 valence electrons. The standard InChI is InChI=1S/C17H19Br2NO/c1-3-21-17-15(18)8-13(9-16(17)19)10-20-11-14-7-5-4-6-12(14)2/h4-9,20H,3,10-11H2,1-2H3. The minimum absolute atomic E-state index is 0.655.